The number of nitriles is 1. The van der Waals surface area contributed by atoms with Gasteiger partial charge in [0.05, 0.1) is 11.1 Å². The minimum atomic E-state index is -1.20. The zero-order valence-electron chi connectivity index (χ0n) is 10.8. The zero-order chi connectivity index (χ0) is 14.9. The first-order valence-corrected chi connectivity index (χ1v) is 6.52. The molecule has 0 saturated heterocycles. The maximum absolute atomic E-state index is 13.5. The summed E-state index contributed by atoms with van der Waals surface area (Å²) in [5, 5.41) is 11.9. The largest absolute Gasteiger partial charge is 0.312 e. The van der Waals surface area contributed by atoms with E-state index >= 15 is 0 Å². The number of anilines is 1. The Morgan fingerprint density at radius 2 is 2.05 bits per heavy atom. The summed E-state index contributed by atoms with van der Waals surface area (Å²) in [5.74, 6) is -3.06. The van der Waals surface area contributed by atoms with Gasteiger partial charge in [-0.3, -0.25) is 4.79 Å². The van der Waals surface area contributed by atoms with Crippen molar-refractivity contribution in [2.45, 2.75) is 13.8 Å². The fourth-order valence-corrected chi connectivity index (χ4v) is 2.71. The number of nitrogens with one attached hydrogen (secondary N) is 1. The van der Waals surface area contributed by atoms with Crippen LogP contribution in [-0.2, 0) is 0 Å². The molecule has 0 aliphatic heterocycles. The lowest BCUT2D eigenvalue weighted by Crippen LogP contribution is -2.14. The minimum absolute atomic E-state index is 0.344. The first-order chi connectivity index (χ1) is 9.45. The van der Waals surface area contributed by atoms with Crippen LogP contribution in [-0.4, -0.2) is 5.91 Å². The van der Waals surface area contributed by atoms with Gasteiger partial charge in [0.25, 0.3) is 5.91 Å². The Morgan fingerprint density at radius 1 is 1.35 bits per heavy atom. The standard InChI is InChI=1S/C14H10F2N2OS/c1-7-8(2)20-14(10(7)6-17)18-13(19)9-4-3-5-11(15)12(9)16/h3-5H,1-2H3,(H,18,19). The van der Waals surface area contributed by atoms with E-state index in [0.29, 0.717) is 10.6 Å². The van der Waals surface area contributed by atoms with Crippen LogP contribution in [0.4, 0.5) is 13.8 Å². The second kappa shape index (κ2) is 5.39. The molecule has 0 spiro atoms. The molecular weight excluding hydrogens is 282 g/mol. The fraction of sp³-hybridized carbons (Fsp3) is 0.143. The Kier molecular flexibility index (Phi) is 3.81. The molecular formula is C14H10F2N2OS. The fourth-order valence-electron chi connectivity index (χ4n) is 1.70. The van der Waals surface area contributed by atoms with Crippen LogP contribution < -0.4 is 5.32 Å². The zero-order valence-corrected chi connectivity index (χ0v) is 11.6. The molecule has 2 rings (SSSR count). The molecule has 0 unspecified atom stereocenters. The van der Waals surface area contributed by atoms with Gasteiger partial charge in [0, 0.05) is 4.88 Å². The molecule has 0 fully saturated rings. The second-order valence-corrected chi connectivity index (χ2v) is 5.38. The molecule has 0 atom stereocenters. The Labute approximate surface area is 118 Å². The molecule has 0 aliphatic rings. The van der Waals surface area contributed by atoms with Crippen LogP contribution in [0.25, 0.3) is 0 Å². The highest BCUT2D eigenvalue weighted by molar-refractivity contribution is 7.16. The first-order valence-electron chi connectivity index (χ1n) is 5.71. The summed E-state index contributed by atoms with van der Waals surface area (Å²) in [7, 11) is 0. The number of hydrogen-bond donors (Lipinski definition) is 1. The lowest BCUT2D eigenvalue weighted by Gasteiger charge is -2.05. The van der Waals surface area contributed by atoms with Gasteiger partial charge in [-0.2, -0.15) is 5.26 Å². The lowest BCUT2D eigenvalue weighted by atomic mass is 10.1. The molecule has 6 heteroatoms. The number of halogens is 2. The van der Waals surface area contributed by atoms with Crippen molar-refractivity contribution in [3.63, 3.8) is 0 Å². The van der Waals surface area contributed by atoms with Gasteiger partial charge < -0.3 is 5.32 Å². The maximum Gasteiger partial charge on any atom is 0.259 e. The normalized spacial score (nSPS) is 10.2. The van der Waals surface area contributed by atoms with Crippen LogP contribution in [0.1, 0.15) is 26.4 Å². The summed E-state index contributed by atoms with van der Waals surface area (Å²) in [4.78, 5) is 12.8. The second-order valence-electron chi connectivity index (χ2n) is 4.15. The van der Waals surface area contributed by atoms with Crippen molar-refractivity contribution >= 4 is 22.2 Å². The summed E-state index contributed by atoms with van der Waals surface area (Å²) < 4.78 is 26.6. The van der Waals surface area contributed by atoms with Gasteiger partial charge in [0.15, 0.2) is 11.6 Å². The highest BCUT2D eigenvalue weighted by atomic mass is 32.1. The SMILES string of the molecule is Cc1sc(NC(=O)c2cccc(F)c2F)c(C#N)c1C. The molecule has 0 aliphatic carbocycles. The van der Waals surface area contributed by atoms with Crippen molar-refractivity contribution in [1.82, 2.24) is 0 Å². The number of benzene rings is 1. The van der Waals surface area contributed by atoms with E-state index in [4.69, 9.17) is 5.26 Å². The summed E-state index contributed by atoms with van der Waals surface area (Å²) >= 11 is 1.23. The summed E-state index contributed by atoms with van der Waals surface area (Å²) in [6.45, 7) is 3.59. The number of rotatable bonds is 2. The Balaban J connectivity index is 2.36. The lowest BCUT2D eigenvalue weighted by molar-refractivity contribution is 0.102. The Hall–Kier alpha value is -2.26. The van der Waals surface area contributed by atoms with Crippen molar-refractivity contribution in [3.8, 4) is 6.07 Å². The molecule has 0 saturated carbocycles. The van der Waals surface area contributed by atoms with Gasteiger partial charge in [-0.1, -0.05) is 6.07 Å². The Morgan fingerprint density at radius 3 is 2.70 bits per heavy atom. The van der Waals surface area contributed by atoms with Crippen LogP contribution in [0.5, 0.6) is 0 Å². The van der Waals surface area contributed by atoms with E-state index in [2.05, 4.69) is 5.32 Å². The third-order valence-corrected chi connectivity index (χ3v) is 4.04. The van der Waals surface area contributed by atoms with Crippen LogP contribution in [0.15, 0.2) is 18.2 Å². The molecule has 0 radical (unpaired) electrons. The van der Waals surface area contributed by atoms with Gasteiger partial charge >= 0.3 is 0 Å². The number of amides is 1. The Bertz CT molecular complexity index is 732. The van der Waals surface area contributed by atoms with Crippen molar-refractivity contribution in [2.24, 2.45) is 0 Å². The van der Waals surface area contributed by atoms with E-state index in [0.717, 1.165) is 16.5 Å². The number of carbonyl (C=O) groups excluding carboxylic acids is 1. The number of nitrogens with zero attached hydrogens (tertiary/aromatic N) is 1. The monoisotopic (exact) mass is 292 g/mol. The number of aryl methyl sites for hydroxylation is 1. The molecule has 0 bridgehead atoms. The summed E-state index contributed by atoms with van der Waals surface area (Å²) in [6, 6.07) is 5.37. The molecule has 1 N–H and O–H groups in total. The number of hydrogen-bond acceptors (Lipinski definition) is 3. The molecule has 3 nitrogen and oxygen atoms in total. The maximum atomic E-state index is 13.5. The third kappa shape index (κ3) is 2.40. The van der Waals surface area contributed by atoms with E-state index < -0.39 is 23.1 Å². The van der Waals surface area contributed by atoms with Gasteiger partial charge in [0.1, 0.15) is 11.1 Å². The van der Waals surface area contributed by atoms with Gasteiger partial charge in [-0.25, -0.2) is 8.78 Å². The van der Waals surface area contributed by atoms with E-state index in [1.165, 1.54) is 23.5 Å². The molecule has 2 aromatic rings. The van der Waals surface area contributed by atoms with E-state index in [1.54, 1.807) is 6.92 Å². The predicted molar refractivity (Wildman–Crippen MR) is 72.8 cm³/mol. The van der Waals surface area contributed by atoms with Crippen LogP contribution in [0.3, 0.4) is 0 Å². The third-order valence-electron chi connectivity index (χ3n) is 2.92. The smallest absolute Gasteiger partial charge is 0.259 e. The molecule has 20 heavy (non-hydrogen) atoms. The number of carbonyl (C=O) groups is 1. The average Bonchev–Trinajstić information content (AvgIpc) is 2.67. The highest BCUT2D eigenvalue weighted by Crippen LogP contribution is 2.32. The van der Waals surface area contributed by atoms with Crippen LogP contribution in [0, 0.1) is 36.8 Å². The molecule has 1 aromatic carbocycles. The van der Waals surface area contributed by atoms with Gasteiger partial charge in [0.2, 0.25) is 0 Å². The molecule has 1 aromatic heterocycles. The predicted octanol–water partition coefficient (Wildman–Crippen LogP) is 3.77. The molecule has 1 heterocycles. The first kappa shape index (κ1) is 14.2. The topological polar surface area (TPSA) is 52.9 Å². The van der Waals surface area contributed by atoms with Crippen molar-refractivity contribution < 1.29 is 13.6 Å². The van der Waals surface area contributed by atoms with E-state index in [-0.39, 0.29) is 0 Å². The summed E-state index contributed by atoms with van der Waals surface area (Å²) in [5.41, 5.74) is 0.725. The van der Waals surface area contributed by atoms with E-state index in [1.807, 2.05) is 13.0 Å². The van der Waals surface area contributed by atoms with Crippen molar-refractivity contribution in [3.05, 3.63) is 51.4 Å². The van der Waals surface area contributed by atoms with E-state index in [9.17, 15) is 13.6 Å². The molecule has 102 valence electrons. The van der Waals surface area contributed by atoms with Crippen molar-refractivity contribution in [1.29, 1.82) is 5.26 Å². The number of thiophene rings is 1. The van der Waals surface area contributed by atoms with Gasteiger partial charge in [-0.05, 0) is 31.5 Å². The summed E-state index contributed by atoms with van der Waals surface area (Å²) in [6.07, 6.45) is 0. The highest BCUT2D eigenvalue weighted by Gasteiger charge is 2.19. The van der Waals surface area contributed by atoms with Crippen LogP contribution >= 0.6 is 11.3 Å². The van der Waals surface area contributed by atoms with Crippen LogP contribution in [0.2, 0.25) is 0 Å². The minimum Gasteiger partial charge on any atom is -0.312 e. The molecule has 1 amide bonds. The average molecular weight is 292 g/mol. The quantitative estimate of drug-likeness (QED) is 0.916. The van der Waals surface area contributed by atoms with Gasteiger partial charge in [-0.15, -0.1) is 11.3 Å². The van der Waals surface area contributed by atoms with Crippen molar-refractivity contribution in [2.75, 3.05) is 5.32 Å².